The van der Waals surface area contributed by atoms with E-state index in [1.807, 2.05) is 0 Å². The Morgan fingerprint density at radius 2 is 2.08 bits per heavy atom. The van der Waals surface area contributed by atoms with Crippen molar-refractivity contribution < 1.29 is 8.42 Å². The van der Waals surface area contributed by atoms with Crippen molar-refractivity contribution in [2.75, 3.05) is 13.1 Å². The number of hydrogen-bond acceptors (Lipinski definition) is 6. The van der Waals surface area contributed by atoms with E-state index in [9.17, 15) is 8.42 Å². The van der Waals surface area contributed by atoms with E-state index in [1.165, 1.54) is 11.0 Å². The Bertz CT molecular complexity index is 827. The molecule has 3 heterocycles. The molecule has 0 unspecified atom stereocenters. The van der Waals surface area contributed by atoms with Crippen molar-refractivity contribution >= 4 is 10.0 Å². The van der Waals surface area contributed by atoms with Crippen LogP contribution in [0.2, 0.25) is 0 Å². The van der Waals surface area contributed by atoms with E-state index in [0.29, 0.717) is 24.7 Å². The third-order valence-electron chi connectivity index (χ3n) is 5.39. The van der Waals surface area contributed by atoms with E-state index >= 15 is 0 Å². The van der Waals surface area contributed by atoms with E-state index in [0.717, 1.165) is 25.7 Å². The average molecular weight is 348 g/mol. The highest BCUT2D eigenvalue weighted by atomic mass is 32.2. The molecule has 0 amide bonds. The normalized spacial score (nSPS) is 27.5. The maximum atomic E-state index is 13.3. The number of piperidine rings is 2. The number of fused-ring (bicyclic) bond motifs is 3. The highest BCUT2D eigenvalue weighted by molar-refractivity contribution is 7.89. The monoisotopic (exact) mass is 348 g/mol. The maximum absolute atomic E-state index is 13.3. The van der Waals surface area contributed by atoms with Crippen molar-refractivity contribution in [2.45, 2.75) is 36.1 Å². The van der Waals surface area contributed by atoms with E-state index in [1.54, 1.807) is 28.6 Å². The SMILES string of the molecule is NCC12CCC(CC1)CN2S(=O)(=O)c1cccc(-n2cnnn2)c1. The minimum Gasteiger partial charge on any atom is -0.329 e. The Kier molecular flexibility index (Phi) is 3.66. The van der Waals surface area contributed by atoms with Gasteiger partial charge in [-0.2, -0.15) is 4.31 Å². The average Bonchev–Trinajstić information content (AvgIpc) is 3.17. The third kappa shape index (κ3) is 2.35. The molecule has 2 aliphatic heterocycles. The van der Waals surface area contributed by atoms with Gasteiger partial charge < -0.3 is 5.73 Å². The lowest BCUT2D eigenvalue weighted by atomic mass is 9.72. The van der Waals surface area contributed by atoms with Gasteiger partial charge in [-0.3, -0.25) is 0 Å². The number of benzene rings is 1. The number of sulfonamides is 1. The topological polar surface area (TPSA) is 107 Å². The summed E-state index contributed by atoms with van der Waals surface area (Å²) in [6.45, 7) is 0.931. The summed E-state index contributed by atoms with van der Waals surface area (Å²) < 4.78 is 29.6. The molecule has 128 valence electrons. The summed E-state index contributed by atoms with van der Waals surface area (Å²) in [6, 6.07) is 6.71. The van der Waals surface area contributed by atoms with Crippen molar-refractivity contribution in [1.29, 1.82) is 0 Å². The van der Waals surface area contributed by atoms with E-state index in [-0.39, 0.29) is 4.90 Å². The first kappa shape index (κ1) is 15.7. The maximum Gasteiger partial charge on any atom is 0.243 e. The number of nitrogens with two attached hydrogens (primary N) is 1. The molecule has 0 spiro atoms. The molecule has 5 rings (SSSR count). The molecule has 2 aromatic rings. The van der Waals surface area contributed by atoms with Crippen LogP contribution in [0.4, 0.5) is 0 Å². The van der Waals surface area contributed by atoms with Crippen molar-refractivity contribution in [3.8, 4) is 5.69 Å². The number of nitrogens with zero attached hydrogens (tertiary/aromatic N) is 5. The predicted molar refractivity (Wildman–Crippen MR) is 86.8 cm³/mol. The smallest absolute Gasteiger partial charge is 0.243 e. The summed E-state index contributed by atoms with van der Waals surface area (Å²) in [7, 11) is -3.61. The van der Waals surface area contributed by atoms with E-state index in [2.05, 4.69) is 15.5 Å². The molecular formula is C15H20N6O2S. The van der Waals surface area contributed by atoms with Crippen molar-refractivity contribution in [3.63, 3.8) is 0 Å². The Labute approximate surface area is 140 Å². The third-order valence-corrected chi connectivity index (χ3v) is 7.35. The van der Waals surface area contributed by atoms with E-state index in [4.69, 9.17) is 5.73 Å². The number of tetrazole rings is 1. The molecule has 1 aromatic heterocycles. The minimum absolute atomic E-state index is 0.260. The molecule has 2 saturated heterocycles. The molecule has 1 saturated carbocycles. The standard InChI is InChI=1S/C15H20N6O2S/c16-10-15-6-4-12(5-7-15)9-21(15)24(22,23)14-3-1-2-13(8-14)20-11-17-18-19-20/h1-3,8,11-12H,4-7,9-10,16H2. The molecule has 3 fully saturated rings. The van der Waals surface area contributed by atoms with E-state index < -0.39 is 15.6 Å². The summed E-state index contributed by atoms with van der Waals surface area (Å²) in [5.41, 5.74) is 6.19. The second-order valence-corrected chi connectivity index (χ2v) is 8.52. The fraction of sp³-hybridized carbons (Fsp3) is 0.533. The minimum atomic E-state index is -3.61. The van der Waals surface area contributed by atoms with Gasteiger partial charge in [0.05, 0.1) is 10.6 Å². The molecule has 1 aliphatic carbocycles. The molecule has 9 heteroatoms. The number of rotatable bonds is 4. The van der Waals surface area contributed by atoms with Crippen molar-refractivity contribution in [3.05, 3.63) is 30.6 Å². The van der Waals surface area contributed by atoms with Crippen LogP contribution in [0, 0.1) is 5.92 Å². The van der Waals surface area contributed by atoms with Crippen LogP contribution in [-0.2, 0) is 10.0 Å². The van der Waals surface area contributed by atoms with Gasteiger partial charge in [0, 0.05) is 18.6 Å². The molecule has 24 heavy (non-hydrogen) atoms. The molecule has 8 nitrogen and oxygen atoms in total. The zero-order chi connectivity index (χ0) is 16.8. The van der Waals surface area contributed by atoms with Gasteiger partial charge in [0.25, 0.3) is 0 Å². The Hall–Kier alpha value is -1.84. The van der Waals surface area contributed by atoms with Crippen LogP contribution in [0.1, 0.15) is 25.7 Å². The van der Waals surface area contributed by atoms with Gasteiger partial charge in [0.2, 0.25) is 10.0 Å². The van der Waals surface area contributed by atoms with Crippen LogP contribution in [0.25, 0.3) is 5.69 Å². The summed E-state index contributed by atoms with van der Waals surface area (Å²) >= 11 is 0. The van der Waals surface area contributed by atoms with Gasteiger partial charge in [-0.1, -0.05) is 6.07 Å². The Morgan fingerprint density at radius 1 is 1.29 bits per heavy atom. The molecule has 2 N–H and O–H groups in total. The van der Waals surface area contributed by atoms with Crippen LogP contribution in [0.15, 0.2) is 35.5 Å². The number of hydrogen-bond donors (Lipinski definition) is 1. The molecule has 1 aromatic carbocycles. The quantitative estimate of drug-likeness (QED) is 0.865. The molecule has 0 atom stereocenters. The summed E-state index contributed by atoms with van der Waals surface area (Å²) in [6.07, 6.45) is 5.26. The summed E-state index contributed by atoms with van der Waals surface area (Å²) in [5, 5.41) is 11.0. The van der Waals surface area contributed by atoms with Crippen LogP contribution in [0.3, 0.4) is 0 Å². The van der Waals surface area contributed by atoms with Gasteiger partial charge >= 0.3 is 0 Å². The van der Waals surface area contributed by atoms with Crippen molar-refractivity contribution in [2.24, 2.45) is 11.7 Å². The molecule has 3 aliphatic rings. The highest BCUT2D eigenvalue weighted by Crippen LogP contribution is 2.45. The molecule has 2 bridgehead atoms. The lowest BCUT2D eigenvalue weighted by Crippen LogP contribution is -2.63. The van der Waals surface area contributed by atoms with Crippen LogP contribution >= 0.6 is 0 Å². The van der Waals surface area contributed by atoms with Gasteiger partial charge in [0.1, 0.15) is 6.33 Å². The number of aromatic nitrogens is 4. The lowest BCUT2D eigenvalue weighted by Gasteiger charge is -2.53. The Balaban J connectivity index is 1.74. The summed E-state index contributed by atoms with van der Waals surface area (Å²) in [5.74, 6) is 0.441. The fourth-order valence-electron chi connectivity index (χ4n) is 3.93. The van der Waals surface area contributed by atoms with Crippen LogP contribution in [-0.4, -0.2) is 51.6 Å². The largest absolute Gasteiger partial charge is 0.329 e. The van der Waals surface area contributed by atoms with Gasteiger partial charge in [0.15, 0.2) is 0 Å². The molecule has 0 radical (unpaired) electrons. The van der Waals surface area contributed by atoms with Gasteiger partial charge in [-0.05, 0) is 60.2 Å². The lowest BCUT2D eigenvalue weighted by molar-refractivity contribution is 0.0355. The first-order chi connectivity index (χ1) is 11.5. The fourth-order valence-corrected chi connectivity index (χ4v) is 5.88. The van der Waals surface area contributed by atoms with Gasteiger partial charge in [-0.25, -0.2) is 13.1 Å². The highest BCUT2D eigenvalue weighted by Gasteiger charge is 2.50. The second-order valence-electron chi connectivity index (χ2n) is 6.66. The molecular weight excluding hydrogens is 328 g/mol. The second kappa shape index (κ2) is 5.61. The first-order valence-electron chi connectivity index (χ1n) is 8.11. The van der Waals surface area contributed by atoms with Crippen molar-refractivity contribution in [1.82, 2.24) is 24.5 Å². The first-order valence-corrected chi connectivity index (χ1v) is 9.55. The van der Waals surface area contributed by atoms with Crippen LogP contribution in [0.5, 0.6) is 0 Å². The van der Waals surface area contributed by atoms with Gasteiger partial charge in [-0.15, -0.1) is 5.10 Å². The zero-order valence-electron chi connectivity index (χ0n) is 13.2. The summed E-state index contributed by atoms with van der Waals surface area (Å²) in [4.78, 5) is 0.260. The Morgan fingerprint density at radius 3 is 2.75 bits per heavy atom. The predicted octanol–water partition coefficient (Wildman–Crippen LogP) is 0.554. The zero-order valence-corrected chi connectivity index (χ0v) is 14.1. The van der Waals surface area contributed by atoms with Crippen LogP contribution < -0.4 is 5.73 Å².